The maximum absolute atomic E-state index is 13.3. The minimum atomic E-state index is -0.548. The van der Waals surface area contributed by atoms with Gasteiger partial charge in [0, 0.05) is 54.2 Å². The summed E-state index contributed by atoms with van der Waals surface area (Å²) in [5.41, 5.74) is 1.00. The van der Waals surface area contributed by atoms with E-state index in [1.807, 2.05) is 51.3 Å². The number of pyridine rings is 2. The SMILES string of the molecule is CSc1ccc2cn(-c3cccc(C(=O)Nc4cnccc4N4CCN(C(=O)OC(C)(C)C)CC4)n3)c(O)c2c1. The van der Waals surface area contributed by atoms with E-state index in [9.17, 15) is 14.7 Å². The van der Waals surface area contributed by atoms with Crippen molar-refractivity contribution in [2.24, 2.45) is 0 Å². The molecule has 1 aliphatic rings. The van der Waals surface area contributed by atoms with E-state index < -0.39 is 11.5 Å². The van der Waals surface area contributed by atoms with E-state index in [2.05, 4.69) is 20.2 Å². The van der Waals surface area contributed by atoms with Crippen LogP contribution in [-0.4, -0.2) is 74.6 Å². The molecule has 3 aromatic heterocycles. The average molecular weight is 561 g/mol. The Hall–Kier alpha value is -4.25. The fourth-order valence-electron chi connectivity index (χ4n) is 4.56. The highest BCUT2D eigenvalue weighted by Crippen LogP contribution is 2.32. The van der Waals surface area contributed by atoms with Crippen molar-refractivity contribution in [1.82, 2.24) is 19.4 Å². The van der Waals surface area contributed by atoms with Gasteiger partial charge in [-0.1, -0.05) is 12.1 Å². The average Bonchev–Trinajstić information content (AvgIpc) is 3.28. The van der Waals surface area contributed by atoms with Gasteiger partial charge in [0.1, 0.15) is 17.1 Å². The zero-order valence-electron chi connectivity index (χ0n) is 22.9. The molecule has 2 amide bonds. The molecule has 1 fully saturated rings. The van der Waals surface area contributed by atoms with Crippen molar-refractivity contribution in [3.63, 3.8) is 0 Å². The van der Waals surface area contributed by atoms with Gasteiger partial charge in [-0.2, -0.15) is 0 Å². The van der Waals surface area contributed by atoms with Gasteiger partial charge in [-0.15, -0.1) is 11.8 Å². The molecule has 4 aromatic rings. The number of anilines is 2. The van der Waals surface area contributed by atoms with Crippen LogP contribution in [-0.2, 0) is 4.74 Å². The lowest BCUT2D eigenvalue weighted by Crippen LogP contribution is -2.50. The van der Waals surface area contributed by atoms with Crippen LogP contribution >= 0.6 is 11.8 Å². The number of hydrogen-bond acceptors (Lipinski definition) is 8. The van der Waals surface area contributed by atoms with Gasteiger partial charge >= 0.3 is 6.09 Å². The van der Waals surface area contributed by atoms with Gasteiger partial charge in [0.05, 0.1) is 17.6 Å². The number of piperazine rings is 1. The fraction of sp³-hybridized carbons (Fsp3) is 0.310. The summed E-state index contributed by atoms with van der Waals surface area (Å²) in [5.74, 6) is 0.0946. The number of hydrogen-bond donors (Lipinski definition) is 2. The van der Waals surface area contributed by atoms with E-state index in [1.165, 1.54) is 0 Å². The van der Waals surface area contributed by atoms with E-state index in [0.29, 0.717) is 37.7 Å². The van der Waals surface area contributed by atoms with Gasteiger partial charge in [0.15, 0.2) is 0 Å². The van der Waals surface area contributed by atoms with Crippen molar-refractivity contribution >= 4 is 45.9 Å². The third kappa shape index (κ3) is 5.84. The molecular formula is C29H32N6O4S. The lowest BCUT2D eigenvalue weighted by molar-refractivity contribution is 0.0240. The maximum atomic E-state index is 13.3. The number of benzene rings is 1. The fourth-order valence-corrected chi connectivity index (χ4v) is 5.00. The molecule has 208 valence electrons. The van der Waals surface area contributed by atoms with Gasteiger partial charge in [0.25, 0.3) is 5.91 Å². The summed E-state index contributed by atoms with van der Waals surface area (Å²) in [7, 11) is 0. The number of carbonyl (C=O) groups is 2. The highest BCUT2D eigenvalue weighted by molar-refractivity contribution is 7.98. The first-order chi connectivity index (χ1) is 19.1. The predicted molar refractivity (Wildman–Crippen MR) is 157 cm³/mol. The molecule has 1 aromatic carbocycles. The molecule has 0 atom stereocenters. The second-order valence-corrected chi connectivity index (χ2v) is 11.3. The lowest BCUT2D eigenvalue weighted by atomic mass is 10.2. The van der Waals surface area contributed by atoms with Crippen molar-refractivity contribution in [3.8, 4) is 11.7 Å². The molecule has 1 aliphatic heterocycles. The van der Waals surface area contributed by atoms with Crippen molar-refractivity contribution < 1.29 is 19.4 Å². The van der Waals surface area contributed by atoms with Gasteiger partial charge < -0.3 is 25.0 Å². The molecule has 0 aliphatic carbocycles. The Bertz CT molecular complexity index is 1560. The molecular weight excluding hydrogens is 528 g/mol. The molecule has 4 heterocycles. The highest BCUT2D eigenvalue weighted by atomic mass is 32.2. The Morgan fingerprint density at radius 2 is 1.85 bits per heavy atom. The quantitative estimate of drug-likeness (QED) is 0.322. The summed E-state index contributed by atoms with van der Waals surface area (Å²) in [5, 5.41) is 15.4. The Morgan fingerprint density at radius 1 is 1.07 bits per heavy atom. The summed E-state index contributed by atoms with van der Waals surface area (Å²) < 4.78 is 7.07. The highest BCUT2D eigenvalue weighted by Gasteiger charge is 2.27. The van der Waals surface area contributed by atoms with Gasteiger partial charge in [-0.25, -0.2) is 9.78 Å². The normalized spacial score (nSPS) is 13.9. The Balaban J connectivity index is 1.32. The Labute approximate surface area is 237 Å². The smallest absolute Gasteiger partial charge is 0.410 e. The second kappa shape index (κ2) is 11.1. The van der Waals surface area contributed by atoms with Crippen LogP contribution in [0, 0.1) is 0 Å². The lowest BCUT2D eigenvalue weighted by Gasteiger charge is -2.37. The molecule has 10 nitrogen and oxygen atoms in total. The monoisotopic (exact) mass is 560 g/mol. The molecule has 0 unspecified atom stereocenters. The van der Waals surface area contributed by atoms with Crippen LogP contribution < -0.4 is 10.2 Å². The zero-order valence-corrected chi connectivity index (χ0v) is 23.7. The van der Waals surface area contributed by atoms with Crippen LogP contribution in [0.4, 0.5) is 16.2 Å². The number of thioether (sulfide) groups is 1. The summed E-state index contributed by atoms with van der Waals surface area (Å²) in [6.45, 7) is 7.71. The van der Waals surface area contributed by atoms with Crippen molar-refractivity contribution in [3.05, 3.63) is 66.7 Å². The number of aromatic hydroxyl groups is 1. The number of nitrogens with one attached hydrogen (secondary N) is 1. The first-order valence-corrected chi connectivity index (χ1v) is 14.2. The second-order valence-electron chi connectivity index (χ2n) is 10.5. The van der Waals surface area contributed by atoms with Gasteiger partial charge in [-0.3, -0.25) is 14.3 Å². The van der Waals surface area contributed by atoms with Crippen LogP contribution in [0.15, 0.2) is 66.0 Å². The maximum Gasteiger partial charge on any atom is 0.410 e. The largest absolute Gasteiger partial charge is 0.494 e. The Morgan fingerprint density at radius 3 is 2.58 bits per heavy atom. The van der Waals surface area contributed by atoms with Crippen molar-refractivity contribution in [1.29, 1.82) is 0 Å². The number of ether oxygens (including phenoxy) is 1. The first kappa shape index (κ1) is 27.3. The molecule has 5 rings (SSSR count). The number of rotatable bonds is 5. The predicted octanol–water partition coefficient (Wildman–Crippen LogP) is 5.16. The zero-order chi connectivity index (χ0) is 28.4. The van der Waals surface area contributed by atoms with E-state index >= 15 is 0 Å². The topological polar surface area (TPSA) is 113 Å². The van der Waals surface area contributed by atoms with Crippen LogP contribution in [0.3, 0.4) is 0 Å². The Kier molecular flexibility index (Phi) is 7.57. The van der Waals surface area contributed by atoms with Crippen molar-refractivity contribution in [2.75, 3.05) is 42.7 Å². The van der Waals surface area contributed by atoms with E-state index in [-0.39, 0.29) is 17.7 Å². The summed E-state index contributed by atoms with van der Waals surface area (Å²) in [6, 6.07) is 12.8. The molecule has 0 radical (unpaired) electrons. The number of amides is 2. The molecule has 1 saturated heterocycles. The van der Waals surface area contributed by atoms with Crippen molar-refractivity contribution in [2.45, 2.75) is 31.3 Å². The molecule has 2 N–H and O–H groups in total. The van der Waals surface area contributed by atoms with Gasteiger partial charge in [0.2, 0.25) is 5.88 Å². The van der Waals surface area contributed by atoms with Crippen LogP contribution in [0.25, 0.3) is 16.6 Å². The third-order valence-electron chi connectivity index (χ3n) is 6.53. The van der Waals surface area contributed by atoms with E-state index in [1.54, 1.807) is 58.0 Å². The first-order valence-electron chi connectivity index (χ1n) is 13.0. The van der Waals surface area contributed by atoms with Crippen LogP contribution in [0.1, 0.15) is 31.3 Å². The molecule has 0 bridgehead atoms. The summed E-state index contributed by atoms with van der Waals surface area (Å²) in [4.78, 5) is 39.3. The van der Waals surface area contributed by atoms with E-state index in [4.69, 9.17) is 4.74 Å². The summed E-state index contributed by atoms with van der Waals surface area (Å²) >= 11 is 1.60. The standard InChI is InChI=1S/C29H32N6O4S/c1-29(2,3)39-28(38)34-14-12-33(13-15-34)24-10-11-30-17-23(24)32-26(36)22-6-5-7-25(31-22)35-18-19-8-9-20(40-4)16-21(19)27(35)37/h5-11,16-18,37H,12-15H2,1-4H3,(H,32,36). The number of carbonyl (C=O) groups excluding carboxylic acids is 2. The summed E-state index contributed by atoms with van der Waals surface area (Å²) in [6.07, 6.45) is 6.73. The number of nitrogens with zero attached hydrogens (tertiary/aromatic N) is 5. The molecule has 11 heteroatoms. The molecule has 0 saturated carbocycles. The third-order valence-corrected chi connectivity index (χ3v) is 7.26. The van der Waals surface area contributed by atoms with Crippen LogP contribution in [0.2, 0.25) is 0 Å². The molecule has 40 heavy (non-hydrogen) atoms. The minimum Gasteiger partial charge on any atom is -0.494 e. The van der Waals surface area contributed by atoms with Crippen LogP contribution in [0.5, 0.6) is 5.88 Å². The number of aromatic nitrogens is 3. The number of fused-ring (bicyclic) bond motifs is 1. The minimum absolute atomic E-state index is 0.0658. The van der Waals surface area contributed by atoms with E-state index in [0.717, 1.165) is 21.4 Å². The van der Waals surface area contributed by atoms with Gasteiger partial charge in [-0.05, 0) is 57.4 Å². The molecule has 0 spiro atoms.